The van der Waals surface area contributed by atoms with E-state index in [-0.39, 0.29) is 35.1 Å². The number of alkyl halides is 3. The molecule has 4 rings (SSSR count). The van der Waals surface area contributed by atoms with E-state index in [9.17, 15) is 31.9 Å². The summed E-state index contributed by atoms with van der Waals surface area (Å²) in [4.78, 5) is 41.0. The van der Waals surface area contributed by atoms with Crippen molar-refractivity contribution in [3.05, 3.63) is 65.0 Å². The van der Waals surface area contributed by atoms with Crippen LogP contribution < -0.4 is 16.0 Å². The lowest BCUT2D eigenvalue weighted by molar-refractivity contribution is -0.182. The average Bonchev–Trinajstić information content (AvgIpc) is 3.73. The minimum atomic E-state index is -4.59. The molecule has 0 radical (unpaired) electrons. The number of hydrogen-bond acceptors (Lipinski definition) is 4. The Kier molecular flexibility index (Phi) is 10.2. The van der Waals surface area contributed by atoms with Gasteiger partial charge in [0.15, 0.2) is 0 Å². The average molecular weight is 600 g/mol. The fraction of sp³-hybridized carbons (Fsp3) is 0.464. The van der Waals surface area contributed by atoms with E-state index in [1.165, 1.54) is 18.2 Å². The van der Waals surface area contributed by atoms with E-state index in [4.69, 9.17) is 0 Å². The molecular weight excluding hydrogens is 566 g/mol. The van der Waals surface area contributed by atoms with Crippen LogP contribution in [0.2, 0.25) is 0 Å². The van der Waals surface area contributed by atoms with Crippen molar-refractivity contribution in [3.8, 4) is 0 Å². The van der Waals surface area contributed by atoms with Crippen molar-refractivity contribution in [3.63, 3.8) is 0 Å². The van der Waals surface area contributed by atoms with Crippen molar-refractivity contribution in [1.82, 2.24) is 20.4 Å². The fourth-order valence-electron chi connectivity index (χ4n) is 4.26. The second-order valence-corrected chi connectivity index (χ2v) is 10.8. The number of carbonyl (C=O) groups excluding carboxylic acids is 3. The van der Waals surface area contributed by atoms with Crippen molar-refractivity contribution in [2.75, 3.05) is 38.0 Å². The molecule has 1 saturated heterocycles. The highest BCUT2D eigenvalue weighted by Gasteiger charge is 2.48. The van der Waals surface area contributed by atoms with Gasteiger partial charge in [-0.15, -0.1) is 12.4 Å². The predicted molar refractivity (Wildman–Crippen MR) is 149 cm³/mol. The molecule has 0 bridgehead atoms. The van der Waals surface area contributed by atoms with E-state index in [0.717, 1.165) is 38.3 Å². The van der Waals surface area contributed by atoms with Crippen LogP contribution in [0.15, 0.2) is 42.5 Å². The molecule has 4 amide bonds. The summed E-state index contributed by atoms with van der Waals surface area (Å²) < 4.78 is 54.0. The van der Waals surface area contributed by atoms with E-state index in [2.05, 4.69) is 15.5 Å². The van der Waals surface area contributed by atoms with Crippen molar-refractivity contribution >= 4 is 35.9 Å². The largest absolute Gasteiger partial charge is 0.410 e. The molecule has 1 aliphatic carbocycles. The van der Waals surface area contributed by atoms with Gasteiger partial charge in [-0.25, -0.2) is 9.18 Å². The molecule has 0 atom stereocenters. The summed E-state index contributed by atoms with van der Waals surface area (Å²) >= 11 is 0. The highest BCUT2D eigenvalue weighted by atomic mass is 35.5. The molecule has 13 heteroatoms. The Bertz CT molecular complexity index is 1260. The maximum Gasteiger partial charge on any atom is 0.410 e. The Labute approximate surface area is 242 Å². The minimum Gasteiger partial charge on any atom is -0.338 e. The number of urea groups is 1. The van der Waals surface area contributed by atoms with Gasteiger partial charge in [-0.1, -0.05) is 12.1 Å². The molecule has 8 nitrogen and oxygen atoms in total. The SMILES string of the molecule is CC(C)(NC(=O)c1cccc(CN2CCN(C(=O)c3ccc(NC(=O)NCC4CC4)c(F)c3)CC2)c1)C(F)(F)F.Cl. The molecule has 2 aromatic carbocycles. The second kappa shape index (κ2) is 13.1. The van der Waals surface area contributed by atoms with Crippen LogP contribution in [-0.4, -0.2) is 72.1 Å². The van der Waals surface area contributed by atoms with Gasteiger partial charge in [-0.2, -0.15) is 13.2 Å². The van der Waals surface area contributed by atoms with Crippen LogP contribution in [0.25, 0.3) is 0 Å². The Morgan fingerprint density at radius 3 is 2.24 bits per heavy atom. The molecule has 0 unspecified atom stereocenters. The van der Waals surface area contributed by atoms with Crippen LogP contribution in [0, 0.1) is 11.7 Å². The van der Waals surface area contributed by atoms with Crippen LogP contribution in [0.3, 0.4) is 0 Å². The molecule has 0 aromatic heterocycles. The summed E-state index contributed by atoms with van der Waals surface area (Å²) in [6.07, 6.45) is -2.43. The summed E-state index contributed by atoms with van der Waals surface area (Å²) in [7, 11) is 0. The van der Waals surface area contributed by atoms with Crippen LogP contribution in [0.5, 0.6) is 0 Å². The van der Waals surface area contributed by atoms with Gasteiger partial charge in [0.1, 0.15) is 11.4 Å². The molecule has 3 N–H and O–H groups in total. The lowest BCUT2D eigenvalue weighted by atomic mass is 10.0. The predicted octanol–water partition coefficient (Wildman–Crippen LogP) is 4.81. The maximum atomic E-state index is 14.6. The first-order valence-corrected chi connectivity index (χ1v) is 13.2. The second-order valence-electron chi connectivity index (χ2n) is 10.8. The first kappa shape index (κ1) is 32.1. The summed E-state index contributed by atoms with van der Waals surface area (Å²) in [5.74, 6) is -1.35. The highest BCUT2D eigenvalue weighted by Crippen LogP contribution is 2.30. The number of rotatable bonds is 8. The molecule has 0 spiro atoms. The van der Waals surface area contributed by atoms with Gasteiger partial charge in [-0.05, 0) is 68.5 Å². The number of halogens is 5. The van der Waals surface area contributed by atoms with Crippen LogP contribution in [0.4, 0.5) is 28.0 Å². The number of anilines is 1. The number of amides is 4. The van der Waals surface area contributed by atoms with E-state index < -0.39 is 29.5 Å². The standard InChI is InChI=1S/C28H33F4N5O3.ClH/c1-27(2,28(30,31)32)35-24(38)20-5-3-4-19(14-20)17-36-10-12-37(13-11-36)25(39)21-8-9-23(22(29)15-21)34-26(40)33-16-18-6-7-18;/h3-5,8-9,14-15,18H,6-7,10-13,16-17H2,1-2H3,(H,35,38)(H2,33,34,40);1H. The van der Waals surface area contributed by atoms with E-state index in [1.807, 2.05) is 5.32 Å². The monoisotopic (exact) mass is 599 g/mol. The molecule has 224 valence electrons. The molecule has 1 saturated carbocycles. The maximum absolute atomic E-state index is 14.6. The molecular formula is C28H34ClF4N5O3. The van der Waals surface area contributed by atoms with Gasteiger partial charge in [0.2, 0.25) is 0 Å². The first-order chi connectivity index (χ1) is 18.8. The van der Waals surface area contributed by atoms with Crippen molar-refractivity contribution in [2.45, 2.75) is 44.9 Å². The topological polar surface area (TPSA) is 93.8 Å². The van der Waals surface area contributed by atoms with E-state index in [0.29, 0.717) is 45.2 Å². The van der Waals surface area contributed by atoms with Crippen LogP contribution in [0.1, 0.15) is 53.0 Å². The third-order valence-corrected chi connectivity index (χ3v) is 7.10. The number of carbonyl (C=O) groups is 3. The summed E-state index contributed by atoms with van der Waals surface area (Å²) in [6, 6.07) is 9.90. The molecule has 2 aromatic rings. The number of nitrogens with zero attached hydrogens (tertiary/aromatic N) is 2. The zero-order valence-corrected chi connectivity index (χ0v) is 23.6. The summed E-state index contributed by atoms with van der Waals surface area (Å²) in [5, 5.41) is 7.19. The third kappa shape index (κ3) is 8.56. The normalized spacial score (nSPS) is 16.0. The van der Waals surface area contributed by atoms with Gasteiger partial charge in [0.25, 0.3) is 11.8 Å². The molecule has 41 heavy (non-hydrogen) atoms. The van der Waals surface area contributed by atoms with Gasteiger partial charge >= 0.3 is 12.2 Å². The van der Waals surface area contributed by atoms with Gasteiger partial charge in [0.05, 0.1) is 5.69 Å². The van der Waals surface area contributed by atoms with E-state index >= 15 is 0 Å². The van der Waals surface area contributed by atoms with Crippen molar-refractivity contribution in [2.24, 2.45) is 5.92 Å². The van der Waals surface area contributed by atoms with Gasteiger partial charge in [0, 0.05) is 50.4 Å². The summed E-state index contributed by atoms with van der Waals surface area (Å²) in [5.41, 5.74) is -1.32. The summed E-state index contributed by atoms with van der Waals surface area (Å²) in [6.45, 7) is 4.64. The highest BCUT2D eigenvalue weighted by molar-refractivity contribution is 5.96. The van der Waals surface area contributed by atoms with Crippen LogP contribution >= 0.6 is 12.4 Å². The molecule has 2 fully saturated rings. The Balaban J connectivity index is 0.00000462. The third-order valence-electron chi connectivity index (χ3n) is 7.10. The quantitative estimate of drug-likeness (QED) is 0.380. The van der Waals surface area contributed by atoms with Crippen molar-refractivity contribution < 1.29 is 31.9 Å². The minimum absolute atomic E-state index is 0. The number of benzene rings is 2. The van der Waals surface area contributed by atoms with Gasteiger partial charge < -0.3 is 20.9 Å². The Morgan fingerprint density at radius 2 is 1.63 bits per heavy atom. The lowest BCUT2D eigenvalue weighted by Gasteiger charge is -2.35. The molecule has 1 aliphatic heterocycles. The zero-order valence-electron chi connectivity index (χ0n) is 22.8. The van der Waals surface area contributed by atoms with Crippen LogP contribution in [-0.2, 0) is 6.54 Å². The van der Waals surface area contributed by atoms with E-state index in [1.54, 1.807) is 23.1 Å². The number of piperazine rings is 1. The Morgan fingerprint density at radius 1 is 0.951 bits per heavy atom. The lowest BCUT2D eigenvalue weighted by Crippen LogP contribution is -2.54. The first-order valence-electron chi connectivity index (χ1n) is 13.2. The number of hydrogen-bond donors (Lipinski definition) is 3. The molecule has 1 heterocycles. The number of nitrogens with one attached hydrogen (secondary N) is 3. The van der Waals surface area contributed by atoms with Gasteiger partial charge in [-0.3, -0.25) is 14.5 Å². The fourth-order valence-corrected chi connectivity index (χ4v) is 4.26. The smallest absolute Gasteiger partial charge is 0.338 e. The molecule has 2 aliphatic rings. The van der Waals surface area contributed by atoms with Crippen molar-refractivity contribution in [1.29, 1.82) is 0 Å². The zero-order chi connectivity index (χ0) is 29.1. The Hall–Kier alpha value is -3.38.